The number of rotatable bonds is 4. The average Bonchev–Trinajstić information content (AvgIpc) is 2.68. The summed E-state index contributed by atoms with van der Waals surface area (Å²) in [6.45, 7) is 4.47. The van der Waals surface area contributed by atoms with Gasteiger partial charge in [0.2, 0.25) is 10.0 Å². The molecule has 2 aromatic carbocycles. The lowest BCUT2D eigenvalue weighted by molar-refractivity contribution is -0.136. The summed E-state index contributed by atoms with van der Waals surface area (Å²) in [6, 6.07) is 8.79. The van der Waals surface area contributed by atoms with Crippen LogP contribution in [-0.4, -0.2) is 31.7 Å². The SMILES string of the molecule is Cc1ccc(S(=O)(=O)N2CCC(C)CC2)cc1C(=O)Nc1ccccc1C(F)(F)F. The Balaban J connectivity index is 1.90. The highest BCUT2D eigenvalue weighted by molar-refractivity contribution is 7.89. The van der Waals surface area contributed by atoms with Crippen molar-refractivity contribution in [3.05, 3.63) is 59.2 Å². The van der Waals surface area contributed by atoms with Crippen molar-refractivity contribution in [2.75, 3.05) is 18.4 Å². The molecule has 0 saturated carbocycles. The molecular weight excluding hydrogens is 417 g/mol. The zero-order chi connectivity index (χ0) is 22.1. The van der Waals surface area contributed by atoms with Gasteiger partial charge in [0.05, 0.1) is 16.1 Å². The average molecular weight is 440 g/mol. The highest BCUT2D eigenvalue weighted by atomic mass is 32.2. The third-order valence-corrected chi connectivity index (χ3v) is 7.21. The number of sulfonamides is 1. The van der Waals surface area contributed by atoms with Gasteiger partial charge in [0.15, 0.2) is 0 Å². The Hall–Kier alpha value is -2.39. The number of halogens is 3. The number of alkyl halides is 3. The first-order valence-electron chi connectivity index (χ1n) is 9.58. The highest BCUT2D eigenvalue weighted by Crippen LogP contribution is 2.35. The third kappa shape index (κ3) is 4.67. The van der Waals surface area contributed by atoms with E-state index in [-0.39, 0.29) is 16.1 Å². The van der Waals surface area contributed by atoms with Crippen molar-refractivity contribution >= 4 is 21.6 Å². The molecule has 5 nitrogen and oxygen atoms in total. The number of carbonyl (C=O) groups is 1. The molecule has 1 saturated heterocycles. The number of para-hydroxylation sites is 1. The van der Waals surface area contributed by atoms with Gasteiger partial charge in [-0.2, -0.15) is 17.5 Å². The maximum absolute atomic E-state index is 13.2. The second kappa shape index (κ2) is 8.39. The Labute approximate surface area is 173 Å². The predicted molar refractivity (Wildman–Crippen MR) is 108 cm³/mol. The lowest BCUT2D eigenvalue weighted by atomic mass is 10.0. The number of nitrogens with one attached hydrogen (secondary N) is 1. The van der Waals surface area contributed by atoms with Crippen molar-refractivity contribution in [1.82, 2.24) is 4.31 Å². The summed E-state index contributed by atoms with van der Waals surface area (Å²) in [6.07, 6.45) is -3.12. The fraction of sp³-hybridized carbons (Fsp3) is 0.381. The van der Waals surface area contributed by atoms with Crippen molar-refractivity contribution in [2.45, 2.75) is 37.8 Å². The molecule has 1 aliphatic heterocycles. The van der Waals surface area contributed by atoms with Crippen molar-refractivity contribution in [3.8, 4) is 0 Å². The van der Waals surface area contributed by atoms with Crippen LogP contribution in [0.4, 0.5) is 18.9 Å². The van der Waals surface area contributed by atoms with Gasteiger partial charge in [-0.25, -0.2) is 8.42 Å². The zero-order valence-corrected chi connectivity index (χ0v) is 17.5. The van der Waals surface area contributed by atoms with Gasteiger partial charge in [-0.3, -0.25) is 4.79 Å². The molecule has 0 radical (unpaired) electrons. The maximum Gasteiger partial charge on any atom is 0.418 e. The number of carbonyl (C=O) groups excluding carboxylic acids is 1. The van der Waals surface area contributed by atoms with Gasteiger partial charge in [-0.05, 0) is 55.5 Å². The largest absolute Gasteiger partial charge is 0.418 e. The molecule has 1 aliphatic rings. The van der Waals surface area contributed by atoms with Gasteiger partial charge in [-0.15, -0.1) is 0 Å². The van der Waals surface area contributed by atoms with Crippen molar-refractivity contribution in [3.63, 3.8) is 0 Å². The topological polar surface area (TPSA) is 66.5 Å². The van der Waals surface area contributed by atoms with Gasteiger partial charge in [-0.1, -0.05) is 25.1 Å². The van der Waals surface area contributed by atoms with Crippen LogP contribution in [0.25, 0.3) is 0 Å². The van der Waals surface area contributed by atoms with Crippen LogP contribution >= 0.6 is 0 Å². The summed E-state index contributed by atoms with van der Waals surface area (Å²) in [5, 5.41) is 2.27. The molecular formula is C21H23F3N2O3S. The van der Waals surface area contributed by atoms with Crippen molar-refractivity contribution in [2.24, 2.45) is 5.92 Å². The standard InChI is InChI=1S/C21H23F3N2O3S/c1-14-9-11-26(12-10-14)30(28,29)16-8-7-15(2)17(13-16)20(27)25-19-6-4-3-5-18(19)21(22,23)24/h3-8,13-14H,9-12H2,1-2H3,(H,25,27). The number of nitrogens with zero attached hydrogens (tertiary/aromatic N) is 1. The Bertz CT molecular complexity index is 1040. The number of anilines is 1. The fourth-order valence-corrected chi connectivity index (χ4v) is 4.91. The first-order chi connectivity index (χ1) is 14.0. The summed E-state index contributed by atoms with van der Waals surface area (Å²) in [7, 11) is -3.79. The van der Waals surface area contributed by atoms with Gasteiger partial charge in [0.1, 0.15) is 0 Å². The molecule has 30 heavy (non-hydrogen) atoms. The zero-order valence-electron chi connectivity index (χ0n) is 16.7. The molecule has 0 aliphatic carbocycles. The molecule has 0 atom stereocenters. The number of benzene rings is 2. The Kier molecular flexibility index (Phi) is 6.24. The summed E-state index contributed by atoms with van der Waals surface area (Å²) in [4.78, 5) is 12.7. The fourth-order valence-electron chi connectivity index (χ4n) is 3.41. The van der Waals surface area contributed by atoms with Crippen molar-refractivity contribution in [1.29, 1.82) is 0 Å². The summed E-state index contributed by atoms with van der Waals surface area (Å²) in [5.41, 5.74) is -0.878. The van der Waals surface area contributed by atoms with Crippen LogP contribution in [0, 0.1) is 12.8 Å². The first-order valence-corrected chi connectivity index (χ1v) is 11.0. The molecule has 2 aromatic rings. The highest BCUT2D eigenvalue weighted by Gasteiger charge is 2.34. The van der Waals surface area contributed by atoms with Crippen molar-refractivity contribution < 1.29 is 26.4 Å². The van der Waals surface area contributed by atoms with E-state index in [9.17, 15) is 26.4 Å². The minimum absolute atomic E-state index is 0.0124. The first kappa shape index (κ1) is 22.3. The van der Waals surface area contributed by atoms with E-state index >= 15 is 0 Å². The van der Waals surface area contributed by atoms with Gasteiger partial charge in [0.25, 0.3) is 5.91 Å². The quantitative estimate of drug-likeness (QED) is 0.750. The van der Waals surface area contributed by atoms with E-state index in [0.717, 1.165) is 25.0 Å². The second-order valence-electron chi connectivity index (χ2n) is 7.56. The number of hydrogen-bond donors (Lipinski definition) is 1. The summed E-state index contributed by atoms with van der Waals surface area (Å²) < 4.78 is 66.9. The van der Waals surface area contributed by atoms with E-state index in [4.69, 9.17) is 0 Å². The number of piperidine rings is 1. The van der Waals surface area contributed by atoms with Crippen LogP contribution in [0.15, 0.2) is 47.4 Å². The van der Waals surface area contributed by atoms with Gasteiger partial charge < -0.3 is 5.32 Å². The maximum atomic E-state index is 13.2. The summed E-state index contributed by atoms with van der Waals surface area (Å²) >= 11 is 0. The minimum Gasteiger partial charge on any atom is -0.321 e. The molecule has 0 unspecified atom stereocenters. The van der Waals surface area contributed by atoms with Crippen LogP contribution in [-0.2, 0) is 16.2 Å². The Morgan fingerprint density at radius 1 is 1.10 bits per heavy atom. The van der Waals surface area contributed by atoms with Crippen LogP contribution in [0.2, 0.25) is 0 Å². The molecule has 0 aromatic heterocycles. The second-order valence-corrected chi connectivity index (χ2v) is 9.50. The third-order valence-electron chi connectivity index (χ3n) is 5.31. The minimum atomic E-state index is -4.63. The van der Waals surface area contributed by atoms with E-state index in [0.29, 0.717) is 24.6 Å². The van der Waals surface area contributed by atoms with Crippen LogP contribution in [0.1, 0.15) is 41.3 Å². The van der Waals surface area contributed by atoms with Crippen LogP contribution in [0.5, 0.6) is 0 Å². The van der Waals surface area contributed by atoms with E-state index in [1.807, 2.05) is 0 Å². The van der Waals surface area contributed by atoms with E-state index < -0.39 is 27.7 Å². The molecule has 1 fully saturated rings. The molecule has 3 rings (SSSR count). The van der Waals surface area contributed by atoms with Gasteiger partial charge >= 0.3 is 6.18 Å². The Morgan fingerprint density at radius 3 is 2.37 bits per heavy atom. The molecule has 0 spiro atoms. The summed E-state index contributed by atoms with van der Waals surface area (Å²) in [5.74, 6) is -0.349. The molecule has 1 heterocycles. The number of aryl methyl sites for hydroxylation is 1. The normalized spacial score (nSPS) is 16.4. The predicted octanol–water partition coefficient (Wildman–Crippen LogP) is 4.69. The monoisotopic (exact) mass is 440 g/mol. The number of amides is 1. The van der Waals surface area contributed by atoms with E-state index in [1.165, 1.54) is 34.6 Å². The smallest absolute Gasteiger partial charge is 0.321 e. The Morgan fingerprint density at radius 2 is 1.73 bits per heavy atom. The molecule has 0 bridgehead atoms. The lowest BCUT2D eigenvalue weighted by Crippen LogP contribution is -2.38. The van der Waals surface area contributed by atoms with Crippen LogP contribution in [0.3, 0.4) is 0 Å². The molecule has 9 heteroatoms. The number of hydrogen-bond acceptors (Lipinski definition) is 3. The van der Waals surface area contributed by atoms with E-state index in [1.54, 1.807) is 6.92 Å². The molecule has 1 N–H and O–H groups in total. The lowest BCUT2D eigenvalue weighted by Gasteiger charge is -2.29. The van der Waals surface area contributed by atoms with E-state index in [2.05, 4.69) is 12.2 Å². The van der Waals surface area contributed by atoms with Gasteiger partial charge in [0, 0.05) is 18.7 Å². The molecule has 162 valence electrons. The van der Waals surface area contributed by atoms with Crippen LogP contribution < -0.4 is 5.32 Å². The molecule has 1 amide bonds.